The van der Waals surface area contributed by atoms with E-state index in [1.807, 2.05) is 12.1 Å². The van der Waals surface area contributed by atoms with Crippen LogP contribution in [0.25, 0.3) is 0 Å². The highest BCUT2D eigenvalue weighted by molar-refractivity contribution is 9.10. The Kier molecular flexibility index (Phi) is 5.55. The molecule has 1 fully saturated rings. The summed E-state index contributed by atoms with van der Waals surface area (Å²) in [6.07, 6.45) is 2.48. The van der Waals surface area contributed by atoms with Crippen LogP contribution in [0.3, 0.4) is 0 Å². The van der Waals surface area contributed by atoms with E-state index >= 15 is 0 Å². The van der Waals surface area contributed by atoms with Gasteiger partial charge in [0.25, 0.3) is 5.69 Å². The molecule has 0 amide bonds. The molecule has 7 heteroatoms. The number of ether oxygens (including phenoxy) is 2. The maximum absolute atomic E-state index is 10.7. The fourth-order valence-electron chi connectivity index (χ4n) is 2.40. The molecule has 2 aromatic carbocycles. The molecule has 0 unspecified atom stereocenters. The van der Waals surface area contributed by atoms with Gasteiger partial charge >= 0.3 is 0 Å². The van der Waals surface area contributed by atoms with Gasteiger partial charge in [0.05, 0.1) is 12.0 Å². The molecule has 0 heterocycles. The highest BCUT2D eigenvalue weighted by Crippen LogP contribution is 2.34. The SMILES string of the molecule is COc1cc(CNC2CC2)c(Br)cc1OCc1ccc([N+](=O)[O-])cc1. The van der Waals surface area contributed by atoms with Crippen LogP contribution in [-0.2, 0) is 13.2 Å². The summed E-state index contributed by atoms with van der Waals surface area (Å²) in [4.78, 5) is 10.3. The number of halogens is 1. The van der Waals surface area contributed by atoms with E-state index in [0.29, 0.717) is 24.1 Å². The van der Waals surface area contributed by atoms with Crippen molar-refractivity contribution in [3.05, 3.63) is 62.1 Å². The molecule has 0 bridgehead atoms. The Morgan fingerprint density at radius 2 is 1.96 bits per heavy atom. The zero-order chi connectivity index (χ0) is 17.8. The number of hydrogen-bond donors (Lipinski definition) is 1. The van der Waals surface area contributed by atoms with Crippen LogP contribution < -0.4 is 14.8 Å². The smallest absolute Gasteiger partial charge is 0.269 e. The minimum absolute atomic E-state index is 0.0663. The van der Waals surface area contributed by atoms with Crippen LogP contribution in [0.4, 0.5) is 5.69 Å². The van der Waals surface area contributed by atoms with Crippen LogP contribution in [0, 0.1) is 10.1 Å². The molecule has 3 rings (SSSR count). The van der Waals surface area contributed by atoms with Crippen LogP contribution in [0.2, 0.25) is 0 Å². The van der Waals surface area contributed by atoms with Gasteiger partial charge in [-0.05, 0) is 48.2 Å². The van der Waals surface area contributed by atoms with Crippen molar-refractivity contribution in [3.63, 3.8) is 0 Å². The third kappa shape index (κ3) is 4.70. The monoisotopic (exact) mass is 406 g/mol. The molecule has 1 aliphatic rings. The number of benzene rings is 2. The van der Waals surface area contributed by atoms with Crippen LogP contribution >= 0.6 is 15.9 Å². The lowest BCUT2D eigenvalue weighted by atomic mass is 10.2. The van der Waals surface area contributed by atoms with Gasteiger partial charge in [-0.1, -0.05) is 15.9 Å². The first-order valence-corrected chi connectivity index (χ1v) is 8.82. The van der Waals surface area contributed by atoms with Gasteiger partial charge in [-0.25, -0.2) is 0 Å². The Hall–Kier alpha value is -2.12. The molecule has 0 aliphatic heterocycles. The third-order valence-corrected chi connectivity index (χ3v) is 4.77. The average Bonchev–Trinajstić information content (AvgIpc) is 3.43. The Balaban J connectivity index is 1.68. The molecule has 1 aliphatic carbocycles. The summed E-state index contributed by atoms with van der Waals surface area (Å²) in [6.45, 7) is 1.09. The second kappa shape index (κ2) is 7.84. The second-order valence-electron chi connectivity index (χ2n) is 5.96. The van der Waals surface area contributed by atoms with Gasteiger partial charge in [0, 0.05) is 29.2 Å². The second-order valence-corrected chi connectivity index (χ2v) is 6.82. The lowest BCUT2D eigenvalue weighted by molar-refractivity contribution is -0.384. The highest BCUT2D eigenvalue weighted by Gasteiger charge is 2.21. The van der Waals surface area contributed by atoms with Crippen molar-refractivity contribution < 1.29 is 14.4 Å². The van der Waals surface area contributed by atoms with Crippen LogP contribution in [0.1, 0.15) is 24.0 Å². The van der Waals surface area contributed by atoms with E-state index in [0.717, 1.165) is 22.1 Å². The van der Waals surface area contributed by atoms with Gasteiger partial charge in [-0.15, -0.1) is 0 Å². The van der Waals surface area contributed by atoms with Crippen LogP contribution in [0.5, 0.6) is 11.5 Å². The third-order valence-electron chi connectivity index (χ3n) is 4.03. The minimum atomic E-state index is -0.417. The van der Waals surface area contributed by atoms with Gasteiger partial charge < -0.3 is 14.8 Å². The number of nitrogens with zero attached hydrogens (tertiary/aromatic N) is 1. The molecule has 0 atom stereocenters. The molecule has 1 saturated carbocycles. The van der Waals surface area contributed by atoms with Crippen molar-refractivity contribution in [3.8, 4) is 11.5 Å². The van der Waals surface area contributed by atoms with E-state index < -0.39 is 4.92 Å². The number of non-ortho nitro benzene ring substituents is 1. The Labute approximate surface area is 154 Å². The standard InChI is InChI=1S/C18H19BrN2O4/c1-24-17-8-13(10-20-14-4-5-14)16(19)9-18(17)25-11-12-2-6-15(7-3-12)21(22)23/h2-3,6-9,14,20H,4-5,10-11H2,1H3. The molecule has 6 nitrogen and oxygen atoms in total. The molecular weight excluding hydrogens is 388 g/mol. The van der Waals surface area contributed by atoms with Crippen molar-refractivity contribution in [2.24, 2.45) is 0 Å². The van der Waals surface area contributed by atoms with Gasteiger partial charge in [-0.3, -0.25) is 10.1 Å². The normalized spacial score (nSPS) is 13.5. The molecular formula is C18H19BrN2O4. The number of nitro benzene ring substituents is 1. The van der Waals surface area contributed by atoms with Crippen molar-refractivity contribution in [1.29, 1.82) is 0 Å². The lowest BCUT2D eigenvalue weighted by Gasteiger charge is -2.14. The molecule has 1 N–H and O–H groups in total. The largest absolute Gasteiger partial charge is 0.493 e. The van der Waals surface area contributed by atoms with Gasteiger partial charge in [0.1, 0.15) is 6.61 Å². The topological polar surface area (TPSA) is 73.6 Å². The van der Waals surface area contributed by atoms with E-state index in [-0.39, 0.29) is 5.69 Å². The summed E-state index contributed by atoms with van der Waals surface area (Å²) in [5.41, 5.74) is 2.03. The number of nitro groups is 1. The number of methoxy groups -OCH3 is 1. The van der Waals surface area contributed by atoms with Crippen molar-refractivity contribution in [2.45, 2.75) is 32.0 Å². The highest BCUT2D eigenvalue weighted by atomic mass is 79.9. The number of rotatable bonds is 8. The first kappa shape index (κ1) is 17.7. The Bertz CT molecular complexity index is 760. The first-order valence-electron chi connectivity index (χ1n) is 8.02. The first-order chi connectivity index (χ1) is 12.1. The number of nitrogens with one attached hydrogen (secondary N) is 1. The summed E-state index contributed by atoms with van der Waals surface area (Å²) in [6, 6.07) is 10.8. The fraction of sp³-hybridized carbons (Fsp3) is 0.333. The van der Waals surface area contributed by atoms with Crippen molar-refractivity contribution in [2.75, 3.05) is 7.11 Å². The van der Waals surface area contributed by atoms with E-state index in [9.17, 15) is 10.1 Å². The van der Waals surface area contributed by atoms with E-state index in [1.165, 1.54) is 25.0 Å². The summed E-state index contributed by atoms with van der Waals surface area (Å²) in [5.74, 6) is 1.29. The van der Waals surface area contributed by atoms with Gasteiger partial charge in [0.15, 0.2) is 11.5 Å². The van der Waals surface area contributed by atoms with Crippen LogP contribution in [-0.4, -0.2) is 18.1 Å². The molecule has 0 spiro atoms. The maximum Gasteiger partial charge on any atom is 0.269 e. The van der Waals surface area contributed by atoms with Gasteiger partial charge in [0.2, 0.25) is 0 Å². The minimum Gasteiger partial charge on any atom is -0.493 e. The quantitative estimate of drug-likeness (QED) is 0.525. The van der Waals surface area contributed by atoms with Crippen molar-refractivity contribution >= 4 is 21.6 Å². The Morgan fingerprint density at radius 3 is 2.56 bits per heavy atom. The summed E-state index contributed by atoms with van der Waals surface area (Å²) < 4.78 is 12.2. The van der Waals surface area contributed by atoms with Crippen LogP contribution in [0.15, 0.2) is 40.9 Å². The fourth-order valence-corrected chi connectivity index (χ4v) is 2.86. The predicted molar refractivity (Wildman–Crippen MR) is 98.0 cm³/mol. The molecule has 2 aromatic rings. The predicted octanol–water partition coefficient (Wildman–Crippen LogP) is 4.20. The molecule has 25 heavy (non-hydrogen) atoms. The summed E-state index contributed by atoms with van der Waals surface area (Å²) >= 11 is 3.58. The van der Waals surface area contributed by atoms with E-state index in [2.05, 4.69) is 21.2 Å². The lowest BCUT2D eigenvalue weighted by Crippen LogP contribution is -2.15. The summed E-state index contributed by atoms with van der Waals surface area (Å²) in [7, 11) is 1.61. The zero-order valence-corrected chi connectivity index (χ0v) is 15.4. The molecule has 0 radical (unpaired) electrons. The molecule has 0 aromatic heterocycles. The molecule has 132 valence electrons. The van der Waals surface area contributed by atoms with E-state index in [4.69, 9.17) is 9.47 Å². The van der Waals surface area contributed by atoms with Crippen molar-refractivity contribution in [1.82, 2.24) is 5.32 Å². The number of hydrogen-bond acceptors (Lipinski definition) is 5. The zero-order valence-electron chi connectivity index (χ0n) is 13.8. The Morgan fingerprint density at radius 1 is 1.24 bits per heavy atom. The molecule has 0 saturated heterocycles. The maximum atomic E-state index is 10.7. The average molecular weight is 407 g/mol. The van der Waals surface area contributed by atoms with E-state index in [1.54, 1.807) is 19.2 Å². The van der Waals surface area contributed by atoms with Gasteiger partial charge in [-0.2, -0.15) is 0 Å². The summed E-state index contributed by atoms with van der Waals surface area (Å²) in [5, 5.41) is 14.2.